The summed E-state index contributed by atoms with van der Waals surface area (Å²) in [6.07, 6.45) is 2.87. The van der Waals surface area contributed by atoms with Gasteiger partial charge in [0, 0.05) is 6.20 Å². The monoisotopic (exact) mass is 244 g/mol. The third kappa shape index (κ3) is 2.27. The number of halogens is 1. The number of aryl methyl sites for hydroxylation is 3. The van der Waals surface area contributed by atoms with Crippen LogP contribution in [0.25, 0.3) is 0 Å². The number of benzene rings is 1. The average molecular weight is 244 g/mol. The van der Waals surface area contributed by atoms with Gasteiger partial charge in [-0.15, -0.1) is 0 Å². The first-order chi connectivity index (χ1) is 8.49. The van der Waals surface area contributed by atoms with Crippen LogP contribution in [0.3, 0.4) is 0 Å². The fourth-order valence-electron chi connectivity index (χ4n) is 1.84. The molecule has 2 aromatic rings. The van der Waals surface area contributed by atoms with Gasteiger partial charge in [-0.25, -0.2) is 9.37 Å². The van der Waals surface area contributed by atoms with Crippen LogP contribution in [0, 0.1) is 26.6 Å². The van der Waals surface area contributed by atoms with Crippen molar-refractivity contribution >= 4 is 5.78 Å². The van der Waals surface area contributed by atoms with Crippen LogP contribution in [0.1, 0.15) is 32.9 Å². The van der Waals surface area contributed by atoms with E-state index in [-0.39, 0.29) is 11.3 Å². The zero-order valence-electron chi connectivity index (χ0n) is 10.5. The minimum absolute atomic E-state index is 0.0683. The number of aromatic nitrogens is 2. The third-order valence-electron chi connectivity index (χ3n) is 2.67. The lowest BCUT2D eigenvalue weighted by molar-refractivity contribution is 0.102. The molecule has 1 aromatic carbocycles. The lowest BCUT2D eigenvalue weighted by Crippen LogP contribution is -2.10. The van der Waals surface area contributed by atoms with E-state index < -0.39 is 11.6 Å². The Morgan fingerprint density at radius 2 is 1.83 bits per heavy atom. The standard InChI is InChI=1S/C14H13FN2O/c1-8-4-9(2)13(11(15)5-8)14(18)12-7-16-10(3)6-17-12/h4-7H,1-3H3. The molecule has 2 rings (SSSR count). The predicted octanol–water partition coefficient (Wildman–Crippen LogP) is 2.77. The van der Waals surface area contributed by atoms with Crippen molar-refractivity contribution in [3.8, 4) is 0 Å². The average Bonchev–Trinajstić information content (AvgIpc) is 2.28. The molecule has 0 spiro atoms. The van der Waals surface area contributed by atoms with E-state index in [9.17, 15) is 9.18 Å². The summed E-state index contributed by atoms with van der Waals surface area (Å²) in [5.74, 6) is -0.947. The molecule has 0 aliphatic rings. The summed E-state index contributed by atoms with van der Waals surface area (Å²) in [6.45, 7) is 5.28. The molecule has 0 atom stereocenters. The van der Waals surface area contributed by atoms with E-state index in [0.717, 1.165) is 5.56 Å². The van der Waals surface area contributed by atoms with Gasteiger partial charge in [0.2, 0.25) is 5.78 Å². The molecule has 0 N–H and O–H groups in total. The smallest absolute Gasteiger partial charge is 0.216 e. The van der Waals surface area contributed by atoms with Crippen molar-refractivity contribution in [3.63, 3.8) is 0 Å². The number of carbonyl (C=O) groups is 1. The first-order valence-corrected chi connectivity index (χ1v) is 5.59. The zero-order chi connectivity index (χ0) is 13.3. The summed E-state index contributed by atoms with van der Waals surface area (Å²) in [5.41, 5.74) is 2.34. The normalized spacial score (nSPS) is 10.4. The molecule has 0 unspecified atom stereocenters. The highest BCUT2D eigenvalue weighted by Gasteiger charge is 2.18. The second-order valence-corrected chi connectivity index (χ2v) is 4.31. The Morgan fingerprint density at radius 1 is 1.11 bits per heavy atom. The summed E-state index contributed by atoms with van der Waals surface area (Å²) >= 11 is 0. The van der Waals surface area contributed by atoms with Crippen molar-refractivity contribution in [2.45, 2.75) is 20.8 Å². The number of ketones is 1. The molecule has 92 valence electrons. The SMILES string of the molecule is Cc1cc(C)c(C(=O)c2cnc(C)cn2)c(F)c1. The predicted molar refractivity (Wildman–Crippen MR) is 66.1 cm³/mol. The molecule has 4 heteroatoms. The topological polar surface area (TPSA) is 42.9 Å². The number of hydrogen-bond donors (Lipinski definition) is 0. The molecule has 0 saturated carbocycles. The Kier molecular flexibility index (Phi) is 3.19. The molecule has 0 aliphatic heterocycles. The van der Waals surface area contributed by atoms with Crippen LogP contribution >= 0.6 is 0 Å². The highest BCUT2D eigenvalue weighted by molar-refractivity contribution is 6.08. The van der Waals surface area contributed by atoms with Gasteiger partial charge in [-0.3, -0.25) is 9.78 Å². The van der Waals surface area contributed by atoms with Crippen molar-refractivity contribution < 1.29 is 9.18 Å². The van der Waals surface area contributed by atoms with Gasteiger partial charge in [-0.2, -0.15) is 0 Å². The van der Waals surface area contributed by atoms with E-state index in [2.05, 4.69) is 9.97 Å². The van der Waals surface area contributed by atoms with Crippen molar-refractivity contribution in [2.75, 3.05) is 0 Å². The molecular formula is C14H13FN2O. The highest BCUT2D eigenvalue weighted by atomic mass is 19.1. The van der Waals surface area contributed by atoms with Gasteiger partial charge in [0.15, 0.2) is 0 Å². The molecular weight excluding hydrogens is 231 g/mol. The first kappa shape index (κ1) is 12.4. The Balaban J connectivity index is 2.49. The minimum atomic E-state index is -0.514. The summed E-state index contributed by atoms with van der Waals surface area (Å²) in [6, 6.07) is 3.12. The van der Waals surface area contributed by atoms with Gasteiger partial charge >= 0.3 is 0 Å². The molecule has 1 aromatic heterocycles. The maximum absolute atomic E-state index is 13.9. The Hall–Kier alpha value is -2.10. The lowest BCUT2D eigenvalue weighted by atomic mass is 10.00. The van der Waals surface area contributed by atoms with E-state index in [1.54, 1.807) is 26.8 Å². The van der Waals surface area contributed by atoms with E-state index in [4.69, 9.17) is 0 Å². The van der Waals surface area contributed by atoms with E-state index >= 15 is 0 Å². The van der Waals surface area contributed by atoms with Crippen LogP contribution in [0.2, 0.25) is 0 Å². The Morgan fingerprint density at radius 3 is 2.39 bits per heavy atom. The molecule has 3 nitrogen and oxygen atoms in total. The molecule has 18 heavy (non-hydrogen) atoms. The van der Waals surface area contributed by atoms with E-state index in [1.807, 2.05) is 0 Å². The number of nitrogens with zero attached hydrogens (tertiary/aromatic N) is 2. The van der Waals surface area contributed by atoms with Crippen molar-refractivity contribution in [1.29, 1.82) is 0 Å². The van der Waals surface area contributed by atoms with Gasteiger partial charge in [0.25, 0.3) is 0 Å². The van der Waals surface area contributed by atoms with Crippen LogP contribution in [-0.4, -0.2) is 15.8 Å². The second kappa shape index (κ2) is 4.64. The fourth-order valence-corrected chi connectivity index (χ4v) is 1.84. The number of hydrogen-bond acceptors (Lipinski definition) is 3. The summed E-state index contributed by atoms with van der Waals surface area (Å²) in [7, 11) is 0. The molecule has 0 saturated heterocycles. The van der Waals surface area contributed by atoms with Gasteiger partial charge in [0.05, 0.1) is 17.5 Å². The minimum Gasteiger partial charge on any atom is -0.287 e. The summed E-state index contributed by atoms with van der Waals surface area (Å²) in [5, 5.41) is 0. The van der Waals surface area contributed by atoms with Gasteiger partial charge in [-0.1, -0.05) is 6.07 Å². The quantitative estimate of drug-likeness (QED) is 0.763. The van der Waals surface area contributed by atoms with Crippen molar-refractivity contribution in [2.24, 2.45) is 0 Å². The summed E-state index contributed by atoms with van der Waals surface area (Å²) in [4.78, 5) is 20.1. The molecule has 0 fully saturated rings. The Bertz CT molecular complexity index is 583. The lowest BCUT2D eigenvalue weighted by Gasteiger charge is -2.07. The first-order valence-electron chi connectivity index (χ1n) is 5.59. The van der Waals surface area contributed by atoms with Crippen LogP contribution in [0.4, 0.5) is 4.39 Å². The maximum atomic E-state index is 13.9. The third-order valence-corrected chi connectivity index (χ3v) is 2.67. The largest absolute Gasteiger partial charge is 0.287 e. The maximum Gasteiger partial charge on any atom is 0.216 e. The number of rotatable bonds is 2. The summed E-state index contributed by atoms with van der Waals surface area (Å²) < 4.78 is 13.9. The van der Waals surface area contributed by atoms with Gasteiger partial charge in [-0.05, 0) is 38.0 Å². The van der Waals surface area contributed by atoms with Gasteiger partial charge < -0.3 is 0 Å². The van der Waals surface area contributed by atoms with E-state index in [0.29, 0.717) is 11.3 Å². The molecule has 1 heterocycles. The molecule has 0 radical (unpaired) electrons. The molecule has 0 aliphatic carbocycles. The number of carbonyl (C=O) groups excluding carboxylic acids is 1. The molecule has 0 amide bonds. The van der Waals surface area contributed by atoms with Crippen molar-refractivity contribution in [1.82, 2.24) is 9.97 Å². The van der Waals surface area contributed by atoms with E-state index in [1.165, 1.54) is 18.5 Å². The fraction of sp³-hybridized carbons (Fsp3) is 0.214. The Labute approximate surface area is 105 Å². The van der Waals surface area contributed by atoms with Crippen LogP contribution in [0.15, 0.2) is 24.5 Å². The van der Waals surface area contributed by atoms with Crippen LogP contribution in [-0.2, 0) is 0 Å². The molecule has 0 bridgehead atoms. The zero-order valence-corrected chi connectivity index (χ0v) is 10.5. The van der Waals surface area contributed by atoms with Crippen LogP contribution < -0.4 is 0 Å². The van der Waals surface area contributed by atoms with Gasteiger partial charge in [0.1, 0.15) is 11.5 Å². The van der Waals surface area contributed by atoms with Crippen molar-refractivity contribution in [3.05, 3.63) is 58.4 Å². The van der Waals surface area contributed by atoms with Crippen LogP contribution in [0.5, 0.6) is 0 Å². The second-order valence-electron chi connectivity index (χ2n) is 4.31. The highest BCUT2D eigenvalue weighted by Crippen LogP contribution is 2.18.